The largest absolute Gasteiger partial charge is 0.337 e. The number of amides is 1. The maximum absolute atomic E-state index is 12.5. The van der Waals surface area contributed by atoms with Gasteiger partial charge in [-0.1, -0.05) is 12.1 Å². The highest BCUT2D eigenvalue weighted by molar-refractivity contribution is 7.89. The van der Waals surface area contributed by atoms with Crippen molar-refractivity contribution in [1.29, 1.82) is 0 Å². The van der Waals surface area contributed by atoms with Crippen LogP contribution >= 0.6 is 0 Å². The van der Waals surface area contributed by atoms with Gasteiger partial charge in [0.05, 0.1) is 17.4 Å². The number of likely N-dealkylation sites (tertiary alicyclic amines) is 1. The van der Waals surface area contributed by atoms with Crippen LogP contribution in [0.3, 0.4) is 0 Å². The summed E-state index contributed by atoms with van der Waals surface area (Å²) in [5, 5.41) is 5.12. The molecule has 8 heteroatoms. The van der Waals surface area contributed by atoms with E-state index >= 15 is 0 Å². The summed E-state index contributed by atoms with van der Waals surface area (Å²) in [7, 11) is -1.86. The van der Waals surface area contributed by atoms with E-state index in [-0.39, 0.29) is 10.8 Å². The monoisotopic (exact) mass is 348 g/mol. The Hall–Kier alpha value is -2.19. The van der Waals surface area contributed by atoms with Gasteiger partial charge in [0.1, 0.15) is 5.69 Å². The minimum absolute atomic E-state index is 0.00183. The van der Waals surface area contributed by atoms with Gasteiger partial charge >= 0.3 is 0 Å². The van der Waals surface area contributed by atoms with Gasteiger partial charge in [-0.15, -0.1) is 0 Å². The normalized spacial score (nSPS) is 16.3. The van der Waals surface area contributed by atoms with Crippen LogP contribution in [0.4, 0.5) is 0 Å². The van der Waals surface area contributed by atoms with Crippen LogP contribution in [-0.2, 0) is 17.1 Å². The fraction of sp³-hybridized carbons (Fsp3) is 0.375. The van der Waals surface area contributed by atoms with E-state index in [2.05, 4.69) is 4.98 Å². The van der Waals surface area contributed by atoms with E-state index < -0.39 is 10.0 Å². The molecule has 2 aromatic rings. The van der Waals surface area contributed by atoms with Gasteiger partial charge in [-0.3, -0.25) is 4.79 Å². The lowest BCUT2D eigenvalue weighted by molar-refractivity contribution is 0.0703. The Kier molecular flexibility index (Phi) is 4.42. The van der Waals surface area contributed by atoms with Crippen LogP contribution < -0.4 is 5.14 Å². The maximum Gasteiger partial charge on any atom is 0.272 e. The van der Waals surface area contributed by atoms with Crippen LogP contribution in [0.1, 0.15) is 34.8 Å². The van der Waals surface area contributed by atoms with Gasteiger partial charge in [-0.2, -0.15) is 0 Å². The van der Waals surface area contributed by atoms with Crippen LogP contribution in [0.2, 0.25) is 0 Å². The summed E-state index contributed by atoms with van der Waals surface area (Å²) in [4.78, 5) is 18.4. The van der Waals surface area contributed by atoms with Crippen molar-refractivity contribution in [2.24, 2.45) is 12.2 Å². The van der Waals surface area contributed by atoms with Gasteiger partial charge in [-0.25, -0.2) is 18.5 Å². The summed E-state index contributed by atoms with van der Waals surface area (Å²) in [6, 6.07) is 6.70. The summed E-state index contributed by atoms with van der Waals surface area (Å²) in [6.45, 7) is 1.34. The van der Waals surface area contributed by atoms with E-state index in [1.54, 1.807) is 24.1 Å². The summed E-state index contributed by atoms with van der Waals surface area (Å²) in [5.41, 5.74) is 1.67. The third-order valence-electron chi connectivity index (χ3n) is 4.50. The first-order valence-corrected chi connectivity index (χ1v) is 9.29. The molecule has 1 fully saturated rings. The van der Waals surface area contributed by atoms with E-state index in [1.807, 2.05) is 17.0 Å². The molecule has 2 heterocycles. The molecule has 1 aromatic carbocycles. The van der Waals surface area contributed by atoms with Crippen molar-refractivity contribution in [2.75, 3.05) is 13.1 Å². The lowest BCUT2D eigenvalue weighted by Crippen LogP contribution is -2.38. The fourth-order valence-electron chi connectivity index (χ4n) is 3.07. The zero-order chi connectivity index (χ0) is 17.3. The van der Waals surface area contributed by atoms with Crippen molar-refractivity contribution in [3.8, 4) is 0 Å². The number of piperidine rings is 1. The Labute approximate surface area is 141 Å². The maximum atomic E-state index is 12.5. The van der Waals surface area contributed by atoms with Crippen molar-refractivity contribution in [2.45, 2.75) is 23.7 Å². The molecule has 2 N–H and O–H groups in total. The number of hydrogen-bond donors (Lipinski definition) is 1. The molecular weight excluding hydrogens is 328 g/mol. The summed E-state index contributed by atoms with van der Waals surface area (Å²) in [5.74, 6) is 0.313. The van der Waals surface area contributed by atoms with Gasteiger partial charge < -0.3 is 9.47 Å². The minimum Gasteiger partial charge on any atom is -0.337 e. The molecule has 3 rings (SSSR count). The first kappa shape index (κ1) is 16.7. The van der Waals surface area contributed by atoms with Crippen LogP contribution in [0.15, 0.2) is 41.7 Å². The Morgan fingerprint density at radius 3 is 2.33 bits per heavy atom. The number of sulfonamides is 1. The highest BCUT2D eigenvalue weighted by Gasteiger charge is 2.26. The first-order valence-electron chi connectivity index (χ1n) is 7.74. The number of hydrogen-bond acceptors (Lipinski definition) is 4. The number of primary sulfonamides is 1. The van der Waals surface area contributed by atoms with Crippen LogP contribution in [0, 0.1) is 0 Å². The molecule has 0 aliphatic carbocycles. The van der Waals surface area contributed by atoms with Gasteiger partial charge in [-0.05, 0) is 36.5 Å². The quantitative estimate of drug-likeness (QED) is 0.897. The smallest absolute Gasteiger partial charge is 0.272 e. The molecule has 0 saturated carbocycles. The standard InChI is InChI=1S/C16H20N4O3S/c1-19-11-18-10-15(19)16(21)20-8-6-13(7-9-20)12-2-4-14(5-3-12)24(17,22)23/h2-5,10-11,13H,6-9H2,1H3,(H2,17,22,23). The minimum atomic E-state index is -3.66. The highest BCUT2D eigenvalue weighted by atomic mass is 32.2. The van der Waals surface area contributed by atoms with E-state index in [9.17, 15) is 13.2 Å². The highest BCUT2D eigenvalue weighted by Crippen LogP contribution is 2.29. The Bertz CT molecular complexity index is 834. The number of aryl methyl sites for hydroxylation is 1. The topological polar surface area (TPSA) is 98.3 Å². The molecule has 0 bridgehead atoms. The van der Waals surface area contributed by atoms with E-state index in [0.717, 1.165) is 18.4 Å². The molecule has 7 nitrogen and oxygen atoms in total. The SMILES string of the molecule is Cn1cncc1C(=O)N1CCC(c2ccc(S(N)(=O)=O)cc2)CC1. The lowest BCUT2D eigenvalue weighted by Gasteiger charge is -2.32. The molecule has 0 spiro atoms. The first-order chi connectivity index (χ1) is 11.4. The van der Waals surface area contributed by atoms with Gasteiger partial charge in [0.2, 0.25) is 10.0 Å². The summed E-state index contributed by atoms with van der Waals surface area (Å²) in [6.07, 6.45) is 4.89. The predicted octanol–water partition coefficient (Wildman–Crippen LogP) is 1.09. The number of nitrogens with two attached hydrogens (primary N) is 1. The molecule has 1 saturated heterocycles. The molecule has 1 amide bonds. The van der Waals surface area contributed by atoms with Gasteiger partial charge in [0.25, 0.3) is 5.91 Å². The third kappa shape index (κ3) is 3.34. The van der Waals surface area contributed by atoms with Gasteiger partial charge in [0.15, 0.2) is 0 Å². The second-order valence-electron chi connectivity index (χ2n) is 6.07. The van der Waals surface area contributed by atoms with E-state index in [4.69, 9.17) is 5.14 Å². The number of rotatable bonds is 3. The van der Waals surface area contributed by atoms with Crippen LogP contribution in [-0.4, -0.2) is 41.9 Å². The lowest BCUT2D eigenvalue weighted by atomic mass is 9.89. The van der Waals surface area contributed by atoms with Crippen LogP contribution in [0.5, 0.6) is 0 Å². The number of aromatic nitrogens is 2. The van der Waals surface area contributed by atoms with Crippen LogP contribution in [0.25, 0.3) is 0 Å². The molecule has 1 aliphatic rings. The Morgan fingerprint density at radius 2 is 1.83 bits per heavy atom. The van der Waals surface area contributed by atoms with Crippen molar-refractivity contribution in [1.82, 2.24) is 14.5 Å². The molecular formula is C16H20N4O3S. The van der Waals surface area contributed by atoms with Crippen molar-refractivity contribution >= 4 is 15.9 Å². The zero-order valence-electron chi connectivity index (χ0n) is 13.4. The molecule has 128 valence electrons. The van der Waals surface area contributed by atoms with Crippen molar-refractivity contribution in [3.63, 3.8) is 0 Å². The molecule has 1 aromatic heterocycles. The summed E-state index contributed by atoms with van der Waals surface area (Å²) >= 11 is 0. The van der Waals surface area contributed by atoms with Crippen molar-refractivity contribution < 1.29 is 13.2 Å². The predicted molar refractivity (Wildman–Crippen MR) is 88.9 cm³/mol. The fourth-order valence-corrected chi connectivity index (χ4v) is 3.59. The number of nitrogens with zero attached hydrogens (tertiary/aromatic N) is 3. The average molecular weight is 348 g/mol. The number of carbonyl (C=O) groups is 1. The Morgan fingerprint density at radius 1 is 1.21 bits per heavy atom. The van der Waals surface area contributed by atoms with Gasteiger partial charge in [0, 0.05) is 20.1 Å². The van der Waals surface area contributed by atoms with Crippen molar-refractivity contribution in [3.05, 3.63) is 48.0 Å². The number of carbonyl (C=O) groups excluding carboxylic acids is 1. The summed E-state index contributed by atoms with van der Waals surface area (Å²) < 4.78 is 24.3. The second kappa shape index (κ2) is 6.37. The third-order valence-corrected chi connectivity index (χ3v) is 5.43. The molecule has 0 unspecified atom stereocenters. The Balaban J connectivity index is 1.65. The number of imidazole rings is 1. The number of benzene rings is 1. The molecule has 0 radical (unpaired) electrons. The zero-order valence-corrected chi connectivity index (χ0v) is 14.2. The molecule has 0 atom stereocenters. The molecule has 1 aliphatic heterocycles. The van der Waals surface area contributed by atoms with E-state index in [0.29, 0.717) is 24.7 Å². The second-order valence-corrected chi connectivity index (χ2v) is 7.63. The average Bonchev–Trinajstić information content (AvgIpc) is 3.00. The molecule has 24 heavy (non-hydrogen) atoms. The van der Waals surface area contributed by atoms with E-state index in [1.165, 1.54) is 12.1 Å².